The first-order valence-electron chi connectivity index (χ1n) is 6.85. The number of aliphatic carboxylic acids is 1. The average molecular weight is 311 g/mol. The van der Waals surface area contributed by atoms with Gasteiger partial charge in [0.2, 0.25) is 5.91 Å². The third kappa shape index (κ3) is 7.32. The van der Waals surface area contributed by atoms with Crippen molar-refractivity contribution in [2.24, 2.45) is 0 Å². The van der Waals surface area contributed by atoms with Crippen LogP contribution >= 0.6 is 0 Å². The molecule has 0 aliphatic carbocycles. The summed E-state index contributed by atoms with van der Waals surface area (Å²) < 4.78 is 5.05. The van der Waals surface area contributed by atoms with Crippen LogP contribution in [0.25, 0.3) is 0 Å². The van der Waals surface area contributed by atoms with E-state index < -0.39 is 17.5 Å². The van der Waals surface area contributed by atoms with Crippen molar-refractivity contribution >= 4 is 17.9 Å². The maximum atomic E-state index is 11.7. The first-order valence-corrected chi connectivity index (χ1v) is 6.85. The van der Waals surface area contributed by atoms with Gasteiger partial charge in [0.05, 0.1) is 19.4 Å². The molecule has 0 bridgehead atoms. The summed E-state index contributed by atoms with van der Waals surface area (Å²) in [5.74, 6) is -0.698. The average Bonchev–Trinajstić information content (AvgIpc) is 2.93. The molecule has 0 atom stereocenters. The number of carbonyl (C=O) groups excluding carboxylic acids is 2. The highest BCUT2D eigenvalue weighted by Crippen LogP contribution is 2.10. The molecular weight excluding hydrogens is 290 g/mol. The minimum atomic E-state index is -0.919. The van der Waals surface area contributed by atoms with Gasteiger partial charge in [-0.05, 0) is 32.4 Å². The van der Waals surface area contributed by atoms with E-state index in [-0.39, 0.29) is 25.4 Å². The van der Waals surface area contributed by atoms with Gasteiger partial charge in [0, 0.05) is 12.0 Å². The predicted octanol–water partition coefficient (Wildman–Crippen LogP) is 0.838. The first-order chi connectivity index (χ1) is 10.3. The zero-order valence-electron chi connectivity index (χ0n) is 12.6. The summed E-state index contributed by atoms with van der Waals surface area (Å²) in [6.45, 7) is 3.49. The van der Waals surface area contributed by atoms with Gasteiger partial charge < -0.3 is 25.5 Å². The topological polar surface area (TPSA) is 121 Å². The number of hydrogen-bond acceptors (Lipinski definition) is 4. The van der Waals surface area contributed by atoms with E-state index >= 15 is 0 Å². The molecule has 1 aromatic rings. The van der Waals surface area contributed by atoms with Crippen LogP contribution in [0.3, 0.4) is 0 Å². The minimum absolute atomic E-state index is 0.0374. The quantitative estimate of drug-likeness (QED) is 0.567. The van der Waals surface area contributed by atoms with Crippen LogP contribution in [0.1, 0.15) is 32.4 Å². The molecule has 8 nitrogen and oxygen atoms in total. The number of rotatable bonds is 8. The largest absolute Gasteiger partial charge is 0.481 e. The van der Waals surface area contributed by atoms with E-state index in [1.807, 2.05) is 0 Å². The number of nitrogens with one attached hydrogen (secondary N) is 3. The SMILES string of the molecule is CC(C)(CCC(=O)O)NC(=O)CNC(=O)NCc1ccco1. The Morgan fingerprint density at radius 3 is 2.59 bits per heavy atom. The number of amides is 3. The highest BCUT2D eigenvalue weighted by atomic mass is 16.4. The maximum absolute atomic E-state index is 11.7. The molecule has 0 aromatic carbocycles. The van der Waals surface area contributed by atoms with Crippen molar-refractivity contribution in [2.45, 2.75) is 38.8 Å². The Balaban J connectivity index is 2.24. The molecule has 0 aliphatic rings. The lowest BCUT2D eigenvalue weighted by atomic mass is 9.98. The van der Waals surface area contributed by atoms with Gasteiger partial charge in [-0.15, -0.1) is 0 Å². The Morgan fingerprint density at radius 2 is 2.00 bits per heavy atom. The molecule has 1 rings (SSSR count). The highest BCUT2D eigenvalue weighted by Gasteiger charge is 2.21. The van der Waals surface area contributed by atoms with Crippen molar-refractivity contribution in [2.75, 3.05) is 6.54 Å². The van der Waals surface area contributed by atoms with Crippen molar-refractivity contribution in [3.05, 3.63) is 24.2 Å². The second kappa shape index (κ2) is 8.06. The number of carbonyl (C=O) groups is 3. The van der Waals surface area contributed by atoms with Crippen molar-refractivity contribution in [1.29, 1.82) is 0 Å². The van der Waals surface area contributed by atoms with Crippen LogP contribution < -0.4 is 16.0 Å². The Bertz CT molecular complexity index is 511. The van der Waals surface area contributed by atoms with Crippen LogP contribution in [0, 0.1) is 0 Å². The Labute approximate surface area is 128 Å². The van der Waals surface area contributed by atoms with E-state index in [4.69, 9.17) is 9.52 Å². The smallest absolute Gasteiger partial charge is 0.315 e. The summed E-state index contributed by atoms with van der Waals surface area (Å²) in [6.07, 6.45) is 1.77. The molecule has 0 aliphatic heterocycles. The van der Waals surface area contributed by atoms with E-state index in [9.17, 15) is 14.4 Å². The molecule has 0 fully saturated rings. The third-order valence-electron chi connectivity index (χ3n) is 2.85. The normalized spacial score (nSPS) is 10.8. The number of carboxylic acid groups (broad SMARTS) is 1. The number of hydrogen-bond donors (Lipinski definition) is 4. The standard InChI is InChI=1S/C14H21N3O5/c1-14(2,6-5-12(19)20)17-11(18)9-16-13(21)15-8-10-4-3-7-22-10/h3-4,7H,5-6,8-9H2,1-2H3,(H,17,18)(H,19,20)(H2,15,16,21). The van der Waals surface area contributed by atoms with E-state index in [2.05, 4.69) is 16.0 Å². The minimum Gasteiger partial charge on any atom is -0.481 e. The molecular formula is C14H21N3O5. The van der Waals surface area contributed by atoms with Crippen LogP contribution in [0.2, 0.25) is 0 Å². The number of urea groups is 1. The molecule has 0 radical (unpaired) electrons. The van der Waals surface area contributed by atoms with Crippen molar-refractivity contribution in [3.8, 4) is 0 Å². The number of furan rings is 1. The molecule has 22 heavy (non-hydrogen) atoms. The zero-order valence-corrected chi connectivity index (χ0v) is 12.6. The van der Waals surface area contributed by atoms with Crippen LogP contribution in [0.5, 0.6) is 0 Å². The van der Waals surface area contributed by atoms with Crippen molar-refractivity contribution in [1.82, 2.24) is 16.0 Å². The van der Waals surface area contributed by atoms with Crippen molar-refractivity contribution < 1.29 is 23.9 Å². The fourth-order valence-corrected chi connectivity index (χ4v) is 1.71. The Hall–Kier alpha value is -2.51. The second-order valence-corrected chi connectivity index (χ2v) is 5.44. The van der Waals surface area contributed by atoms with Gasteiger partial charge in [-0.1, -0.05) is 0 Å². The second-order valence-electron chi connectivity index (χ2n) is 5.44. The van der Waals surface area contributed by atoms with Crippen LogP contribution in [0.15, 0.2) is 22.8 Å². The molecule has 0 saturated heterocycles. The molecule has 4 N–H and O–H groups in total. The third-order valence-corrected chi connectivity index (χ3v) is 2.85. The molecule has 0 unspecified atom stereocenters. The van der Waals surface area contributed by atoms with E-state index in [1.165, 1.54) is 6.26 Å². The molecule has 122 valence electrons. The van der Waals surface area contributed by atoms with Crippen LogP contribution in [0.4, 0.5) is 4.79 Å². The molecule has 0 spiro atoms. The van der Waals surface area contributed by atoms with Crippen LogP contribution in [-0.2, 0) is 16.1 Å². The lowest BCUT2D eigenvalue weighted by molar-refractivity contribution is -0.137. The van der Waals surface area contributed by atoms with Gasteiger partial charge in [0.25, 0.3) is 0 Å². The Morgan fingerprint density at radius 1 is 1.27 bits per heavy atom. The zero-order chi connectivity index (χ0) is 16.6. The maximum Gasteiger partial charge on any atom is 0.315 e. The summed E-state index contributed by atoms with van der Waals surface area (Å²) in [5.41, 5.74) is -0.651. The van der Waals surface area contributed by atoms with Crippen molar-refractivity contribution in [3.63, 3.8) is 0 Å². The van der Waals surface area contributed by atoms with Crippen LogP contribution in [-0.4, -0.2) is 35.1 Å². The summed E-state index contributed by atoms with van der Waals surface area (Å²) in [5, 5.41) is 16.3. The van der Waals surface area contributed by atoms with Gasteiger partial charge in [-0.3, -0.25) is 9.59 Å². The summed E-state index contributed by atoms with van der Waals surface area (Å²) in [7, 11) is 0. The van der Waals surface area contributed by atoms with Gasteiger partial charge in [-0.2, -0.15) is 0 Å². The summed E-state index contributed by atoms with van der Waals surface area (Å²) in [4.78, 5) is 33.8. The molecule has 1 heterocycles. The molecule has 0 saturated carbocycles. The first kappa shape index (κ1) is 17.5. The van der Waals surface area contributed by atoms with Gasteiger partial charge in [0.1, 0.15) is 5.76 Å². The van der Waals surface area contributed by atoms with Gasteiger partial charge >= 0.3 is 12.0 Å². The monoisotopic (exact) mass is 311 g/mol. The molecule has 8 heteroatoms. The number of carboxylic acids is 1. The lowest BCUT2D eigenvalue weighted by Crippen LogP contribution is -2.49. The van der Waals surface area contributed by atoms with E-state index in [0.29, 0.717) is 12.2 Å². The lowest BCUT2D eigenvalue weighted by Gasteiger charge is -2.25. The fraction of sp³-hybridized carbons (Fsp3) is 0.500. The fourth-order valence-electron chi connectivity index (χ4n) is 1.71. The van der Waals surface area contributed by atoms with Gasteiger partial charge in [-0.25, -0.2) is 4.79 Å². The highest BCUT2D eigenvalue weighted by molar-refractivity contribution is 5.84. The Kier molecular flexibility index (Phi) is 6.43. The summed E-state index contributed by atoms with van der Waals surface area (Å²) >= 11 is 0. The van der Waals surface area contributed by atoms with E-state index in [1.54, 1.807) is 26.0 Å². The molecule has 1 aromatic heterocycles. The van der Waals surface area contributed by atoms with Gasteiger partial charge in [0.15, 0.2) is 0 Å². The predicted molar refractivity (Wildman–Crippen MR) is 78.0 cm³/mol. The van der Waals surface area contributed by atoms with E-state index in [0.717, 1.165) is 0 Å². The molecule has 3 amide bonds. The summed E-state index contributed by atoms with van der Waals surface area (Å²) in [6, 6.07) is 2.94.